The van der Waals surface area contributed by atoms with Crippen LogP contribution in [0.4, 0.5) is 5.82 Å². The van der Waals surface area contributed by atoms with Crippen LogP contribution in [-0.4, -0.2) is 48.0 Å². The minimum Gasteiger partial charge on any atom is -0.355 e. The number of H-pyrrole nitrogens is 1. The van der Waals surface area contributed by atoms with E-state index in [0.717, 1.165) is 16.9 Å². The Bertz CT molecular complexity index is 695. The molecule has 19 heavy (non-hydrogen) atoms. The van der Waals surface area contributed by atoms with Crippen molar-refractivity contribution in [3.63, 3.8) is 0 Å². The SMILES string of the molecule is CC1CN(c2ncnc3[nH]ccc23)CCS(=O)(=O)C1. The topological polar surface area (TPSA) is 79.0 Å². The normalized spacial score (nSPS) is 23.4. The summed E-state index contributed by atoms with van der Waals surface area (Å²) in [5.41, 5.74) is 0.782. The fourth-order valence-corrected chi connectivity index (χ4v) is 4.23. The van der Waals surface area contributed by atoms with Crippen LogP contribution in [-0.2, 0) is 9.84 Å². The maximum Gasteiger partial charge on any atom is 0.152 e. The first-order valence-corrected chi connectivity index (χ1v) is 8.11. The number of hydrogen-bond donors (Lipinski definition) is 1. The molecule has 3 rings (SSSR count). The Labute approximate surface area is 111 Å². The van der Waals surface area contributed by atoms with Crippen LogP contribution in [0.25, 0.3) is 11.0 Å². The quantitative estimate of drug-likeness (QED) is 0.837. The summed E-state index contributed by atoms with van der Waals surface area (Å²) in [7, 11) is -2.94. The van der Waals surface area contributed by atoms with Crippen molar-refractivity contribution in [1.29, 1.82) is 0 Å². The number of nitrogens with zero attached hydrogens (tertiary/aromatic N) is 3. The number of aromatic amines is 1. The highest BCUT2D eigenvalue weighted by Crippen LogP contribution is 2.24. The zero-order valence-corrected chi connectivity index (χ0v) is 11.5. The maximum absolute atomic E-state index is 11.8. The molecule has 102 valence electrons. The van der Waals surface area contributed by atoms with Gasteiger partial charge in [0.1, 0.15) is 17.8 Å². The lowest BCUT2D eigenvalue weighted by atomic mass is 10.2. The van der Waals surface area contributed by atoms with E-state index in [1.54, 1.807) is 0 Å². The molecule has 0 bridgehead atoms. The Kier molecular flexibility index (Phi) is 2.93. The number of aromatic nitrogens is 3. The molecule has 0 aliphatic carbocycles. The molecule has 0 spiro atoms. The van der Waals surface area contributed by atoms with Crippen molar-refractivity contribution in [2.24, 2.45) is 5.92 Å². The number of sulfone groups is 1. The number of nitrogens with one attached hydrogen (secondary N) is 1. The van der Waals surface area contributed by atoms with Crippen LogP contribution in [0.2, 0.25) is 0 Å². The van der Waals surface area contributed by atoms with Gasteiger partial charge in [-0.15, -0.1) is 0 Å². The molecular formula is C12H16N4O2S. The van der Waals surface area contributed by atoms with Gasteiger partial charge in [-0.3, -0.25) is 0 Å². The molecule has 6 nitrogen and oxygen atoms in total. The summed E-state index contributed by atoms with van der Waals surface area (Å²) in [6.45, 7) is 3.16. The lowest BCUT2D eigenvalue weighted by Crippen LogP contribution is -2.30. The third kappa shape index (κ3) is 2.42. The molecule has 2 aromatic heterocycles. The number of anilines is 1. The monoisotopic (exact) mass is 280 g/mol. The molecule has 1 atom stereocenters. The maximum atomic E-state index is 11.8. The van der Waals surface area contributed by atoms with E-state index in [4.69, 9.17) is 0 Å². The van der Waals surface area contributed by atoms with Crippen molar-refractivity contribution < 1.29 is 8.42 Å². The molecule has 7 heteroatoms. The highest BCUT2D eigenvalue weighted by molar-refractivity contribution is 7.91. The summed E-state index contributed by atoms with van der Waals surface area (Å²) < 4.78 is 23.6. The van der Waals surface area contributed by atoms with Gasteiger partial charge in [0.25, 0.3) is 0 Å². The Balaban J connectivity index is 1.99. The summed E-state index contributed by atoms with van der Waals surface area (Å²) >= 11 is 0. The molecule has 1 unspecified atom stereocenters. The Morgan fingerprint density at radius 3 is 3.11 bits per heavy atom. The molecule has 0 aromatic carbocycles. The second-order valence-corrected chi connectivity index (χ2v) is 7.33. The molecule has 0 amide bonds. The van der Waals surface area contributed by atoms with Crippen LogP contribution < -0.4 is 4.90 Å². The second kappa shape index (κ2) is 4.48. The first-order chi connectivity index (χ1) is 9.05. The van der Waals surface area contributed by atoms with Gasteiger partial charge in [0.2, 0.25) is 0 Å². The van der Waals surface area contributed by atoms with Gasteiger partial charge in [-0.25, -0.2) is 18.4 Å². The molecule has 2 aromatic rings. The molecule has 0 saturated carbocycles. The van der Waals surface area contributed by atoms with Crippen molar-refractivity contribution >= 4 is 26.7 Å². The summed E-state index contributed by atoms with van der Waals surface area (Å²) in [5, 5.41) is 0.939. The zero-order valence-electron chi connectivity index (χ0n) is 10.7. The second-order valence-electron chi connectivity index (χ2n) is 5.10. The van der Waals surface area contributed by atoms with E-state index in [1.165, 1.54) is 6.33 Å². The Hall–Kier alpha value is -1.63. The van der Waals surface area contributed by atoms with Crippen LogP contribution in [0.1, 0.15) is 6.92 Å². The minimum absolute atomic E-state index is 0.108. The average molecular weight is 280 g/mol. The van der Waals surface area contributed by atoms with Crippen molar-refractivity contribution in [1.82, 2.24) is 15.0 Å². The first-order valence-electron chi connectivity index (χ1n) is 6.28. The van der Waals surface area contributed by atoms with E-state index >= 15 is 0 Å². The fourth-order valence-electron chi connectivity index (χ4n) is 2.59. The fraction of sp³-hybridized carbons (Fsp3) is 0.500. The van der Waals surface area contributed by atoms with Crippen LogP contribution in [0.3, 0.4) is 0 Å². The van der Waals surface area contributed by atoms with Crippen LogP contribution >= 0.6 is 0 Å². The molecule has 1 fully saturated rings. The van der Waals surface area contributed by atoms with E-state index in [0.29, 0.717) is 13.1 Å². The zero-order chi connectivity index (χ0) is 13.5. The molecule has 0 radical (unpaired) electrons. The van der Waals surface area contributed by atoms with Crippen LogP contribution in [0, 0.1) is 5.92 Å². The number of hydrogen-bond acceptors (Lipinski definition) is 5. The molecule has 1 aliphatic rings. The van der Waals surface area contributed by atoms with Gasteiger partial charge >= 0.3 is 0 Å². The van der Waals surface area contributed by atoms with Gasteiger partial charge in [-0.2, -0.15) is 0 Å². The van der Waals surface area contributed by atoms with Gasteiger partial charge in [-0.1, -0.05) is 6.92 Å². The highest BCUT2D eigenvalue weighted by atomic mass is 32.2. The summed E-state index contributed by atoms with van der Waals surface area (Å²) in [6, 6.07) is 1.93. The van der Waals surface area contributed by atoms with E-state index in [-0.39, 0.29) is 17.4 Å². The highest BCUT2D eigenvalue weighted by Gasteiger charge is 2.25. The lowest BCUT2D eigenvalue weighted by molar-refractivity contribution is 0.581. The molecule has 3 heterocycles. The number of fused-ring (bicyclic) bond motifs is 1. The van der Waals surface area contributed by atoms with Gasteiger partial charge in [0.15, 0.2) is 9.84 Å². The van der Waals surface area contributed by atoms with Crippen molar-refractivity contribution in [2.45, 2.75) is 6.92 Å². The number of rotatable bonds is 1. The Morgan fingerprint density at radius 2 is 2.26 bits per heavy atom. The van der Waals surface area contributed by atoms with E-state index in [1.807, 2.05) is 24.1 Å². The standard InChI is InChI=1S/C12H16N4O2S/c1-9-6-16(4-5-19(17,18)7-9)12-10-2-3-13-11(10)14-8-15-12/h2-3,8-9H,4-7H2,1H3,(H,13,14,15). The predicted molar refractivity (Wildman–Crippen MR) is 73.9 cm³/mol. The Morgan fingerprint density at radius 1 is 1.42 bits per heavy atom. The minimum atomic E-state index is -2.94. The van der Waals surface area contributed by atoms with Crippen molar-refractivity contribution in [3.05, 3.63) is 18.6 Å². The molecular weight excluding hydrogens is 264 g/mol. The third-order valence-corrected chi connectivity index (χ3v) is 5.26. The average Bonchev–Trinajstić information content (AvgIpc) is 2.76. The molecule has 1 N–H and O–H groups in total. The van der Waals surface area contributed by atoms with E-state index in [9.17, 15) is 8.42 Å². The largest absolute Gasteiger partial charge is 0.355 e. The predicted octanol–water partition coefficient (Wildman–Crippen LogP) is 0.829. The summed E-state index contributed by atoms with van der Waals surface area (Å²) in [4.78, 5) is 13.6. The van der Waals surface area contributed by atoms with Gasteiger partial charge in [-0.05, 0) is 12.0 Å². The molecule has 1 saturated heterocycles. The summed E-state index contributed by atoms with van der Waals surface area (Å²) in [6.07, 6.45) is 3.33. The van der Waals surface area contributed by atoms with Gasteiger partial charge in [0, 0.05) is 19.3 Å². The van der Waals surface area contributed by atoms with E-state index in [2.05, 4.69) is 15.0 Å². The smallest absolute Gasteiger partial charge is 0.152 e. The van der Waals surface area contributed by atoms with Crippen LogP contribution in [0.5, 0.6) is 0 Å². The summed E-state index contributed by atoms with van der Waals surface area (Å²) in [5.74, 6) is 1.37. The molecule has 1 aliphatic heterocycles. The van der Waals surface area contributed by atoms with Gasteiger partial charge in [0.05, 0.1) is 16.9 Å². The lowest BCUT2D eigenvalue weighted by Gasteiger charge is -2.23. The van der Waals surface area contributed by atoms with Crippen LogP contribution in [0.15, 0.2) is 18.6 Å². The van der Waals surface area contributed by atoms with E-state index < -0.39 is 9.84 Å². The first kappa shape index (κ1) is 12.4. The van der Waals surface area contributed by atoms with Crippen molar-refractivity contribution in [2.75, 3.05) is 29.5 Å². The van der Waals surface area contributed by atoms with Crippen molar-refractivity contribution in [3.8, 4) is 0 Å². The van der Waals surface area contributed by atoms with Gasteiger partial charge < -0.3 is 9.88 Å². The third-order valence-electron chi connectivity index (χ3n) is 3.38.